The lowest BCUT2D eigenvalue weighted by Gasteiger charge is -2.35. The van der Waals surface area contributed by atoms with Crippen LogP contribution in [0, 0.1) is 0 Å². The first-order chi connectivity index (χ1) is 10.1. The van der Waals surface area contributed by atoms with Gasteiger partial charge in [0.1, 0.15) is 0 Å². The number of carbonyl (C=O) groups excluding carboxylic acids is 1. The molecule has 0 unspecified atom stereocenters. The predicted molar refractivity (Wildman–Crippen MR) is 83.9 cm³/mol. The van der Waals surface area contributed by atoms with E-state index >= 15 is 0 Å². The Morgan fingerprint density at radius 1 is 1.24 bits per heavy atom. The molecule has 2 heterocycles. The molecule has 0 radical (unpaired) electrons. The number of aromatic nitrogens is 1. The summed E-state index contributed by atoms with van der Waals surface area (Å²) in [6.45, 7) is 4.29. The van der Waals surface area contributed by atoms with Crippen LogP contribution in [0.5, 0.6) is 0 Å². The van der Waals surface area contributed by atoms with Gasteiger partial charge in [-0.05, 0) is 38.0 Å². The third-order valence-electron chi connectivity index (χ3n) is 3.63. The molecule has 0 atom stereocenters. The van der Waals surface area contributed by atoms with Gasteiger partial charge in [0.15, 0.2) is 5.78 Å². The number of carbonyl (C=O) groups is 1. The summed E-state index contributed by atoms with van der Waals surface area (Å²) in [6, 6.07) is 11.8. The van der Waals surface area contributed by atoms with Crippen LogP contribution in [0.2, 0.25) is 0 Å². The number of fused-ring (bicyclic) bond motifs is 1. The van der Waals surface area contributed by atoms with Gasteiger partial charge in [-0.15, -0.1) is 0 Å². The molecule has 0 saturated carbocycles. The smallest absolute Gasteiger partial charge is 0.189 e. The van der Waals surface area contributed by atoms with Crippen LogP contribution >= 0.6 is 0 Å². The lowest BCUT2D eigenvalue weighted by Crippen LogP contribution is -2.43. The fourth-order valence-electron chi connectivity index (χ4n) is 2.73. The van der Waals surface area contributed by atoms with E-state index in [2.05, 4.69) is 36.3 Å². The van der Waals surface area contributed by atoms with Gasteiger partial charge in [-0.3, -0.25) is 9.78 Å². The summed E-state index contributed by atoms with van der Waals surface area (Å²) in [4.78, 5) is 16.4. The Balaban J connectivity index is 2.01. The highest BCUT2D eigenvalue weighted by molar-refractivity contribution is 6.08. The Labute approximate surface area is 124 Å². The number of pyridine rings is 1. The third kappa shape index (κ3) is 2.87. The molecule has 1 aromatic heterocycles. The SMILES string of the molecule is CC1(C)Cc2ccccc2C(=CC(=O)c2cccnc2)N1. The lowest BCUT2D eigenvalue weighted by atomic mass is 9.85. The minimum absolute atomic E-state index is 0.0295. The van der Waals surface area contributed by atoms with E-state index in [1.807, 2.05) is 12.1 Å². The summed E-state index contributed by atoms with van der Waals surface area (Å²) in [5.41, 5.74) is 3.80. The van der Waals surface area contributed by atoms with Crippen molar-refractivity contribution in [3.05, 3.63) is 71.6 Å². The van der Waals surface area contributed by atoms with Gasteiger partial charge < -0.3 is 5.32 Å². The van der Waals surface area contributed by atoms with Gasteiger partial charge in [0, 0.05) is 40.8 Å². The molecule has 2 aromatic rings. The molecular weight excluding hydrogens is 260 g/mol. The van der Waals surface area contributed by atoms with E-state index in [4.69, 9.17) is 0 Å². The number of rotatable bonds is 2. The molecule has 106 valence electrons. The van der Waals surface area contributed by atoms with Crippen molar-refractivity contribution < 1.29 is 4.79 Å². The summed E-state index contributed by atoms with van der Waals surface area (Å²) in [5, 5.41) is 3.47. The van der Waals surface area contributed by atoms with E-state index < -0.39 is 0 Å². The van der Waals surface area contributed by atoms with Gasteiger partial charge in [0.25, 0.3) is 0 Å². The molecule has 3 rings (SSSR count). The van der Waals surface area contributed by atoms with Gasteiger partial charge in [0.2, 0.25) is 0 Å². The van der Waals surface area contributed by atoms with Crippen LogP contribution in [0.25, 0.3) is 5.70 Å². The highest BCUT2D eigenvalue weighted by Crippen LogP contribution is 2.29. The van der Waals surface area contributed by atoms with E-state index in [0.29, 0.717) is 5.56 Å². The third-order valence-corrected chi connectivity index (χ3v) is 3.63. The Bertz CT molecular complexity index is 702. The number of ketones is 1. The minimum Gasteiger partial charge on any atom is -0.379 e. The molecule has 0 amide bonds. The first-order valence-corrected chi connectivity index (χ1v) is 7.08. The molecule has 1 N–H and O–H groups in total. The van der Waals surface area contributed by atoms with Crippen LogP contribution in [-0.4, -0.2) is 16.3 Å². The molecule has 0 fully saturated rings. The normalized spacial score (nSPS) is 17.9. The maximum atomic E-state index is 12.4. The predicted octanol–water partition coefficient (Wildman–Crippen LogP) is 3.23. The Morgan fingerprint density at radius 3 is 2.81 bits per heavy atom. The molecule has 3 nitrogen and oxygen atoms in total. The van der Waals surface area contributed by atoms with E-state index in [1.54, 1.807) is 30.6 Å². The van der Waals surface area contributed by atoms with Crippen LogP contribution in [-0.2, 0) is 6.42 Å². The number of nitrogens with zero attached hydrogens (tertiary/aromatic N) is 1. The number of hydrogen-bond donors (Lipinski definition) is 1. The molecular formula is C18H18N2O. The maximum Gasteiger partial charge on any atom is 0.189 e. The second-order valence-electron chi connectivity index (χ2n) is 6.01. The van der Waals surface area contributed by atoms with Crippen LogP contribution in [0.3, 0.4) is 0 Å². The Kier molecular flexibility index (Phi) is 3.34. The van der Waals surface area contributed by atoms with Crippen molar-refractivity contribution in [3.8, 4) is 0 Å². The van der Waals surface area contributed by atoms with E-state index in [9.17, 15) is 4.79 Å². The van der Waals surface area contributed by atoms with Crippen molar-refractivity contribution in [2.24, 2.45) is 0 Å². The second-order valence-corrected chi connectivity index (χ2v) is 6.01. The highest BCUT2D eigenvalue weighted by atomic mass is 16.1. The Hall–Kier alpha value is -2.42. The van der Waals surface area contributed by atoms with Gasteiger partial charge in [-0.1, -0.05) is 24.3 Å². The van der Waals surface area contributed by atoms with Crippen LogP contribution in [0.4, 0.5) is 0 Å². The molecule has 1 aliphatic heterocycles. The van der Waals surface area contributed by atoms with Gasteiger partial charge >= 0.3 is 0 Å². The zero-order chi connectivity index (χ0) is 14.9. The standard InChI is InChI=1S/C18H18N2O/c1-18(2)11-13-6-3-4-8-15(13)16(20-18)10-17(21)14-7-5-9-19-12-14/h3-10,12,20H,11H2,1-2H3. The minimum atomic E-state index is -0.0601. The first-order valence-electron chi connectivity index (χ1n) is 7.08. The van der Waals surface area contributed by atoms with E-state index in [0.717, 1.165) is 17.7 Å². The van der Waals surface area contributed by atoms with Crippen molar-refractivity contribution in [2.75, 3.05) is 0 Å². The molecule has 0 saturated heterocycles. The molecule has 0 spiro atoms. The zero-order valence-electron chi connectivity index (χ0n) is 12.3. The average Bonchev–Trinajstić information content (AvgIpc) is 2.47. The lowest BCUT2D eigenvalue weighted by molar-refractivity contribution is 0.104. The summed E-state index contributed by atoms with van der Waals surface area (Å²) in [5.74, 6) is -0.0295. The molecule has 0 aliphatic carbocycles. The van der Waals surface area contributed by atoms with E-state index in [1.165, 1.54) is 5.56 Å². The Morgan fingerprint density at radius 2 is 2.05 bits per heavy atom. The van der Waals surface area contributed by atoms with Gasteiger partial charge in [-0.25, -0.2) is 0 Å². The molecule has 1 aliphatic rings. The number of nitrogens with one attached hydrogen (secondary N) is 1. The molecule has 21 heavy (non-hydrogen) atoms. The molecule has 1 aromatic carbocycles. The fraction of sp³-hybridized carbons (Fsp3) is 0.222. The zero-order valence-corrected chi connectivity index (χ0v) is 12.3. The average molecular weight is 278 g/mol. The second kappa shape index (κ2) is 5.17. The fourth-order valence-corrected chi connectivity index (χ4v) is 2.73. The van der Waals surface area contributed by atoms with Gasteiger partial charge in [-0.2, -0.15) is 0 Å². The van der Waals surface area contributed by atoms with Crippen molar-refractivity contribution >= 4 is 11.5 Å². The topological polar surface area (TPSA) is 42.0 Å². The summed E-state index contributed by atoms with van der Waals surface area (Å²) >= 11 is 0. The van der Waals surface area contributed by atoms with Crippen LogP contribution < -0.4 is 5.32 Å². The van der Waals surface area contributed by atoms with Crippen molar-refractivity contribution in [1.82, 2.24) is 10.3 Å². The molecule has 3 heteroatoms. The quantitative estimate of drug-likeness (QED) is 0.677. The monoisotopic (exact) mass is 278 g/mol. The van der Waals surface area contributed by atoms with Crippen molar-refractivity contribution in [3.63, 3.8) is 0 Å². The summed E-state index contributed by atoms with van der Waals surface area (Å²) in [6.07, 6.45) is 5.89. The van der Waals surface area contributed by atoms with Crippen LogP contribution in [0.1, 0.15) is 35.3 Å². The maximum absolute atomic E-state index is 12.4. The van der Waals surface area contributed by atoms with Crippen molar-refractivity contribution in [2.45, 2.75) is 25.8 Å². The first kappa shape index (κ1) is 13.6. The number of benzene rings is 1. The largest absolute Gasteiger partial charge is 0.379 e. The van der Waals surface area contributed by atoms with E-state index in [-0.39, 0.29) is 11.3 Å². The number of allylic oxidation sites excluding steroid dienone is 1. The van der Waals surface area contributed by atoms with Gasteiger partial charge in [0.05, 0.1) is 0 Å². The summed E-state index contributed by atoms with van der Waals surface area (Å²) < 4.78 is 0. The molecule has 0 bridgehead atoms. The summed E-state index contributed by atoms with van der Waals surface area (Å²) in [7, 11) is 0. The highest BCUT2D eigenvalue weighted by Gasteiger charge is 2.27. The van der Waals surface area contributed by atoms with Crippen LogP contribution in [0.15, 0.2) is 54.9 Å². The van der Waals surface area contributed by atoms with Crippen molar-refractivity contribution in [1.29, 1.82) is 0 Å². The number of hydrogen-bond acceptors (Lipinski definition) is 3.